The van der Waals surface area contributed by atoms with E-state index in [0.29, 0.717) is 23.6 Å². The molecule has 202 valence electrons. The number of rotatable bonds is 9. The molecule has 40 heavy (non-hydrogen) atoms. The first-order valence-electron chi connectivity index (χ1n) is 13.2. The number of methoxy groups -OCH3 is 1. The molecule has 5 aromatic rings. The second kappa shape index (κ2) is 10.6. The Hall–Kier alpha value is -4.53. The van der Waals surface area contributed by atoms with Gasteiger partial charge in [0, 0.05) is 11.8 Å². The Morgan fingerprint density at radius 3 is 2.12 bits per heavy atom. The minimum absolute atomic E-state index is 0.0284. The van der Waals surface area contributed by atoms with Gasteiger partial charge < -0.3 is 24.9 Å². The van der Waals surface area contributed by atoms with Crippen molar-refractivity contribution in [3.8, 4) is 5.75 Å². The predicted molar refractivity (Wildman–Crippen MR) is 154 cm³/mol. The first kappa shape index (κ1) is 25.7. The molecule has 1 aliphatic rings. The van der Waals surface area contributed by atoms with Gasteiger partial charge in [0.2, 0.25) is 0 Å². The van der Waals surface area contributed by atoms with E-state index >= 15 is 0 Å². The van der Waals surface area contributed by atoms with Crippen LogP contribution >= 0.6 is 0 Å². The van der Waals surface area contributed by atoms with Crippen molar-refractivity contribution < 1.29 is 14.6 Å². The van der Waals surface area contributed by atoms with Crippen LogP contribution < -0.4 is 10.5 Å². The van der Waals surface area contributed by atoms with Gasteiger partial charge in [-0.3, -0.25) is 0 Å². The Balaban J connectivity index is 1.44. The zero-order valence-corrected chi connectivity index (χ0v) is 22.2. The maximum absolute atomic E-state index is 10.3. The summed E-state index contributed by atoms with van der Waals surface area (Å²) in [5.41, 5.74) is 10.2. The van der Waals surface area contributed by atoms with Gasteiger partial charge in [-0.15, -0.1) is 0 Å². The molecule has 8 nitrogen and oxygen atoms in total. The lowest BCUT2D eigenvalue weighted by atomic mass is 9.66. The highest BCUT2D eigenvalue weighted by Gasteiger charge is 2.48. The van der Waals surface area contributed by atoms with Gasteiger partial charge in [-0.1, -0.05) is 79.4 Å². The molecule has 1 saturated carbocycles. The minimum Gasteiger partial charge on any atom is -0.497 e. The summed E-state index contributed by atoms with van der Waals surface area (Å²) in [5.74, 6) is 0.868. The second-order valence-electron chi connectivity index (χ2n) is 10.0. The first-order valence-corrected chi connectivity index (χ1v) is 13.2. The molecule has 1 fully saturated rings. The van der Waals surface area contributed by atoms with Crippen molar-refractivity contribution in [3.63, 3.8) is 0 Å². The molecule has 0 spiro atoms. The van der Waals surface area contributed by atoms with E-state index in [1.807, 2.05) is 65.2 Å². The maximum Gasteiger partial charge on any atom is 0.165 e. The van der Waals surface area contributed by atoms with Crippen LogP contribution in [0.3, 0.4) is 0 Å². The van der Waals surface area contributed by atoms with Crippen molar-refractivity contribution in [2.24, 2.45) is 11.8 Å². The first-order chi connectivity index (χ1) is 19.6. The highest BCUT2D eigenvalue weighted by molar-refractivity contribution is 5.81. The molecule has 0 saturated heterocycles. The van der Waals surface area contributed by atoms with E-state index < -0.39 is 5.60 Å². The van der Waals surface area contributed by atoms with Crippen molar-refractivity contribution in [1.29, 1.82) is 0 Å². The quantitative estimate of drug-likeness (QED) is 0.208. The van der Waals surface area contributed by atoms with Gasteiger partial charge in [0.25, 0.3) is 0 Å². The fourth-order valence-electron chi connectivity index (χ4n) is 5.93. The van der Waals surface area contributed by atoms with Crippen LogP contribution in [0.1, 0.15) is 22.7 Å². The SMILES string of the molecule is C=C1[C@@H](n2cnc3c(N)ncnc32)[C@H](COC(c2ccccc2)(c2ccccc2)c2ccc(OC)cc2)[C@H]1CO. The number of nitrogens with two attached hydrogens (primary N) is 1. The van der Waals surface area contributed by atoms with Crippen molar-refractivity contribution in [3.05, 3.63) is 126 Å². The van der Waals surface area contributed by atoms with E-state index in [1.54, 1.807) is 13.4 Å². The molecule has 0 unspecified atom stereocenters. The summed E-state index contributed by atoms with van der Waals surface area (Å²) in [4.78, 5) is 13.0. The number of nitrogens with zero attached hydrogens (tertiary/aromatic N) is 4. The molecule has 3 N–H and O–H groups in total. The lowest BCUT2D eigenvalue weighted by Gasteiger charge is -2.48. The van der Waals surface area contributed by atoms with Crippen molar-refractivity contribution in [1.82, 2.24) is 19.5 Å². The molecule has 3 atom stereocenters. The van der Waals surface area contributed by atoms with Gasteiger partial charge >= 0.3 is 0 Å². The molecular weight excluding hydrogens is 502 g/mol. The highest BCUT2D eigenvalue weighted by atomic mass is 16.5. The number of aromatic nitrogens is 4. The topological polar surface area (TPSA) is 108 Å². The van der Waals surface area contributed by atoms with E-state index in [1.165, 1.54) is 6.33 Å². The average molecular weight is 534 g/mol. The van der Waals surface area contributed by atoms with E-state index in [2.05, 4.69) is 45.8 Å². The molecule has 6 rings (SSSR count). The van der Waals surface area contributed by atoms with Crippen LogP contribution in [0.5, 0.6) is 5.75 Å². The zero-order chi connectivity index (χ0) is 27.7. The van der Waals surface area contributed by atoms with Crippen molar-refractivity contribution in [2.45, 2.75) is 11.6 Å². The number of nitrogen functional groups attached to an aromatic ring is 1. The normalized spacial score (nSPS) is 18.9. The summed E-state index contributed by atoms with van der Waals surface area (Å²) < 4.78 is 14.5. The molecule has 0 aliphatic heterocycles. The highest BCUT2D eigenvalue weighted by Crippen LogP contribution is 2.51. The average Bonchev–Trinajstić information content (AvgIpc) is 3.43. The van der Waals surface area contributed by atoms with Crippen LogP contribution in [0, 0.1) is 11.8 Å². The van der Waals surface area contributed by atoms with Gasteiger partial charge in [0.15, 0.2) is 11.5 Å². The maximum atomic E-state index is 10.3. The summed E-state index contributed by atoms with van der Waals surface area (Å²) in [7, 11) is 1.66. The van der Waals surface area contributed by atoms with Crippen LogP contribution in [-0.2, 0) is 10.3 Å². The molecule has 8 heteroatoms. The summed E-state index contributed by atoms with van der Waals surface area (Å²) in [6.07, 6.45) is 3.16. The van der Waals surface area contributed by atoms with Gasteiger partial charge in [-0.05, 0) is 34.4 Å². The fraction of sp³-hybridized carbons (Fsp3) is 0.219. The lowest BCUT2D eigenvalue weighted by molar-refractivity contribution is -0.0502. The number of benzene rings is 3. The van der Waals surface area contributed by atoms with Crippen LogP contribution in [0.2, 0.25) is 0 Å². The summed E-state index contributed by atoms with van der Waals surface area (Å²) in [6.45, 7) is 4.62. The molecule has 0 amide bonds. The largest absolute Gasteiger partial charge is 0.497 e. The standard InChI is InChI=1S/C32H31N5O3/c1-21-26(17-38)27(29(21)37-20-36-28-30(33)34-19-35-31(28)37)18-40-32(22-9-5-3-6-10-22,23-11-7-4-8-12-23)24-13-15-25(39-2)16-14-24/h3-16,19-20,26-27,29,38H,1,17-18H2,2H3,(H2,33,34,35)/t26-,27+,29+/m0/s1. The minimum atomic E-state index is -0.917. The Labute approximate surface area is 232 Å². The summed E-state index contributed by atoms with van der Waals surface area (Å²) >= 11 is 0. The van der Waals surface area contributed by atoms with E-state index in [9.17, 15) is 5.11 Å². The Bertz CT molecular complexity index is 1580. The molecule has 3 aromatic carbocycles. The molecule has 0 radical (unpaired) electrons. The van der Waals surface area contributed by atoms with Gasteiger partial charge in [0.1, 0.15) is 23.2 Å². The van der Waals surface area contributed by atoms with E-state index in [4.69, 9.17) is 15.2 Å². The Kier molecular flexibility index (Phi) is 6.79. The van der Waals surface area contributed by atoms with Crippen molar-refractivity contribution >= 4 is 17.0 Å². The van der Waals surface area contributed by atoms with E-state index in [-0.39, 0.29) is 24.5 Å². The monoisotopic (exact) mass is 533 g/mol. The number of aliphatic hydroxyl groups is 1. The smallest absolute Gasteiger partial charge is 0.165 e. The summed E-state index contributed by atoms with van der Waals surface area (Å²) in [5, 5.41) is 10.3. The zero-order valence-electron chi connectivity index (χ0n) is 22.2. The van der Waals surface area contributed by atoms with Crippen LogP contribution in [0.15, 0.2) is 110 Å². The third kappa shape index (κ3) is 4.13. The third-order valence-corrected chi connectivity index (χ3v) is 8.01. The molecule has 2 heterocycles. The number of hydrogen-bond donors (Lipinski definition) is 2. The lowest BCUT2D eigenvalue weighted by Crippen LogP contribution is -2.47. The van der Waals surface area contributed by atoms with Crippen LogP contribution in [-0.4, -0.2) is 44.9 Å². The Morgan fingerprint density at radius 1 is 0.900 bits per heavy atom. The Morgan fingerprint density at radius 2 is 1.52 bits per heavy atom. The number of fused-ring (bicyclic) bond motifs is 1. The third-order valence-electron chi connectivity index (χ3n) is 8.01. The second-order valence-corrected chi connectivity index (χ2v) is 10.0. The number of aliphatic hydroxyl groups excluding tert-OH is 1. The number of imidazole rings is 1. The number of ether oxygens (including phenoxy) is 2. The molecular formula is C32H31N5O3. The van der Waals surface area contributed by atoms with Crippen molar-refractivity contribution in [2.75, 3.05) is 26.1 Å². The van der Waals surface area contributed by atoms with E-state index in [0.717, 1.165) is 28.0 Å². The molecule has 1 aliphatic carbocycles. The van der Waals surface area contributed by atoms with Gasteiger partial charge in [-0.2, -0.15) is 0 Å². The fourth-order valence-corrected chi connectivity index (χ4v) is 5.93. The predicted octanol–water partition coefficient (Wildman–Crippen LogP) is 4.76. The van der Waals surface area contributed by atoms with Crippen LogP contribution in [0.4, 0.5) is 5.82 Å². The number of anilines is 1. The van der Waals surface area contributed by atoms with Crippen LogP contribution in [0.25, 0.3) is 11.2 Å². The van der Waals surface area contributed by atoms with Gasteiger partial charge in [0.05, 0.1) is 32.7 Å². The molecule has 2 aromatic heterocycles. The molecule has 0 bridgehead atoms. The summed E-state index contributed by atoms with van der Waals surface area (Å²) in [6, 6.07) is 28.2. The van der Waals surface area contributed by atoms with Gasteiger partial charge in [-0.25, -0.2) is 15.0 Å². The number of hydrogen-bond acceptors (Lipinski definition) is 7.